The predicted molar refractivity (Wildman–Crippen MR) is 58.0 cm³/mol. The molecule has 0 spiro atoms. The molecule has 3 nitrogen and oxygen atoms in total. The molecular formula is C11H21NO2. The molecule has 3 heteroatoms. The van der Waals surface area contributed by atoms with Gasteiger partial charge in [0.15, 0.2) is 0 Å². The molecule has 2 N–H and O–H groups in total. The Labute approximate surface area is 86.8 Å². The highest BCUT2D eigenvalue weighted by atomic mass is 16.5. The minimum Gasteiger partial charge on any atom is -0.389 e. The van der Waals surface area contributed by atoms with E-state index in [1.165, 1.54) is 0 Å². The van der Waals surface area contributed by atoms with E-state index in [4.69, 9.17) is 11.2 Å². The summed E-state index contributed by atoms with van der Waals surface area (Å²) < 4.78 is 5.27. The first kappa shape index (κ1) is 13.4. The molecular weight excluding hydrogens is 178 g/mol. The molecule has 82 valence electrons. The Bertz CT molecular complexity index is 175. The molecule has 0 saturated heterocycles. The summed E-state index contributed by atoms with van der Waals surface area (Å²) >= 11 is 0. The number of hydrogen-bond acceptors (Lipinski definition) is 3. The molecule has 0 aliphatic rings. The van der Waals surface area contributed by atoms with Crippen molar-refractivity contribution in [1.29, 1.82) is 0 Å². The van der Waals surface area contributed by atoms with Crippen molar-refractivity contribution in [2.45, 2.75) is 45.4 Å². The Morgan fingerprint density at radius 2 is 2.07 bits per heavy atom. The van der Waals surface area contributed by atoms with Gasteiger partial charge in [-0.3, -0.25) is 0 Å². The molecule has 2 atom stereocenters. The van der Waals surface area contributed by atoms with Crippen LogP contribution in [0.4, 0.5) is 0 Å². The zero-order valence-electron chi connectivity index (χ0n) is 9.29. The van der Waals surface area contributed by atoms with Crippen molar-refractivity contribution in [2.24, 2.45) is 0 Å². The van der Waals surface area contributed by atoms with Crippen molar-refractivity contribution in [3.05, 3.63) is 0 Å². The molecule has 0 rings (SSSR count). The Morgan fingerprint density at radius 3 is 2.57 bits per heavy atom. The SMILES string of the molecule is C#CCC(C)NCC(O)COC(C)C. The van der Waals surface area contributed by atoms with Gasteiger partial charge in [-0.15, -0.1) is 12.3 Å². The van der Waals surface area contributed by atoms with E-state index < -0.39 is 6.10 Å². The van der Waals surface area contributed by atoms with Gasteiger partial charge in [-0.1, -0.05) is 0 Å². The topological polar surface area (TPSA) is 41.5 Å². The molecule has 0 saturated carbocycles. The van der Waals surface area contributed by atoms with Crippen LogP contribution in [0.3, 0.4) is 0 Å². The first-order chi connectivity index (χ1) is 6.56. The summed E-state index contributed by atoms with van der Waals surface area (Å²) in [5, 5.41) is 12.6. The largest absolute Gasteiger partial charge is 0.389 e. The van der Waals surface area contributed by atoms with Crippen molar-refractivity contribution in [1.82, 2.24) is 5.32 Å². The third-order valence-corrected chi connectivity index (χ3v) is 1.75. The monoisotopic (exact) mass is 199 g/mol. The molecule has 0 fully saturated rings. The lowest BCUT2D eigenvalue weighted by Crippen LogP contribution is -2.36. The molecule has 0 aromatic heterocycles. The molecule has 0 aromatic rings. The number of ether oxygens (including phenoxy) is 1. The highest BCUT2D eigenvalue weighted by Crippen LogP contribution is 1.93. The van der Waals surface area contributed by atoms with E-state index in [0.29, 0.717) is 19.6 Å². The number of aliphatic hydroxyl groups is 1. The van der Waals surface area contributed by atoms with E-state index in [2.05, 4.69) is 11.2 Å². The average molecular weight is 199 g/mol. The maximum absolute atomic E-state index is 9.48. The quantitative estimate of drug-likeness (QED) is 0.595. The number of hydrogen-bond donors (Lipinski definition) is 2. The van der Waals surface area contributed by atoms with E-state index in [9.17, 15) is 5.11 Å². The summed E-state index contributed by atoms with van der Waals surface area (Å²) in [7, 11) is 0. The van der Waals surface area contributed by atoms with Crippen LogP contribution in [0, 0.1) is 12.3 Å². The van der Waals surface area contributed by atoms with Gasteiger partial charge in [0, 0.05) is 19.0 Å². The second-order valence-corrected chi connectivity index (χ2v) is 3.75. The van der Waals surface area contributed by atoms with Crippen molar-refractivity contribution in [2.75, 3.05) is 13.2 Å². The average Bonchev–Trinajstić information content (AvgIpc) is 2.12. The lowest BCUT2D eigenvalue weighted by atomic mass is 10.2. The first-order valence-corrected chi connectivity index (χ1v) is 5.02. The van der Waals surface area contributed by atoms with Crippen LogP contribution < -0.4 is 5.32 Å². The van der Waals surface area contributed by atoms with Gasteiger partial charge in [0.25, 0.3) is 0 Å². The molecule has 0 bridgehead atoms. The lowest BCUT2D eigenvalue weighted by Gasteiger charge is -2.16. The van der Waals surface area contributed by atoms with Crippen molar-refractivity contribution in [3.8, 4) is 12.3 Å². The second-order valence-electron chi connectivity index (χ2n) is 3.75. The normalized spacial score (nSPS) is 15.1. The molecule has 0 amide bonds. The predicted octanol–water partition coefficient (Wildman–Crippen LogP) is 0.774. The number of nitrogens with one attached hydrogen (secondary N) is 1. The van der Waals surface area contributed by atoms with E-state index in [0.717, 1.165) is 0 Å². The van der Waals surface area contributed by atoms with Crippen LogP contribution in [0.5, 0.6) is 0 Å². The smallest absolute Gasteiger partial charge is 0.0897 e. The van der Waals surface area contributed by atoms with Gasteiger partial charge in [0.2, 0.25) is 0 Å². The number of aliphatic hydroxyl groups excluding tert-OH is 1. The fourth-order valence-electron chi connectivity index (χ4n) is 0.949. The molecule has 0 aromatic carbocycles. The van der Waals surface area contributed by atoms with Crippen LogP contribution in [-0.2, 0) is 4.74 Å². The molecule has 14 heavy (non-hydrogen) atoms. The molecule has 0 aliphatic heterocycles. The van der Waals surface area contributed by atoms with Crippen molar-refractivity contribution >= 4 is 0 Å². The van der Waals surface area contributed by atoms with E-state index in [-0.39, 0.29) is 12.1 Å². The van der Waals surface area contributed by atoms with Gasteiger partial charge in [-0.2, -0.15) is 0 Å². The summed E-state index contributed by atoms with van der Waals surface area (Å²) in [6, 6.07) is 0.244. The van der Waals surface area contributed by atoms with Crippen LogP contribution in [0.2, 0.25) is 0 Å². The highest BCUT2D eigenvalue weighted by Gasteiger charge is 2.07. The minimum atomic E-state index is -0.461. The second kappa shape index (κ2) is 7.81. The fraction of sp³-hybridized carbons (Fsp3) is 0.818. The Hall–Kier alpha value is -0.560. The third-order valence-electron chi connectivity index (χ3n) is 1.75. The molecule has 2 unspecified atom stereocenters. The zero-order valence-corrected chi connectivity index (χ0v) is 9.29. The summed E-state index contributed by atoms with van der Waals surface area (Å²) in [5.41, 5.74) is 0. The molecule has 0 aliphatic carbocycles. The van der Waals surface area contributed by atoms with Crippen LogP contribution in [0.15, 0.2) is 0 Å². The van der Waals surface area contributed by atoms with Crippen LogP contribution in [0.25, 0.3) is 0 Å². The van der Waals surface area contributed by atoms with Crippen molar-refractivity contribution in [3.63, 3.8) is 0 Å². The maximum atomic E-state index is 9.48. The maximum Gasteiger partial charge on any atom is 0.0897 e. The minimum absolute atomic E-state index is 0.160. The Balaban J connectivity index is 3.44. The Kier molecular flexibility index (Phi) is 7.50. The number of rotatable bonds is 7. The Morgan fingerprint density at radius 1 is 1.43 bits per heavy atom. The van der Waals surface area contributed by atoms with Gasteiger partial charge in [-0.05, 0) is 20.8 Å². The summed E-state index contributed by atoms with van der Waals surface area (Å²) in [6.07, 6.45) is 5.53. The summed E-state index contributed by atoms with van der Waals surface area (Å²) in [5.74, 6) is 2.57. The van der Waals surface area contributed by atoms with E-state index in [1.807, 2.05) is 20.8 Å². The van der Waals surface area contributed by atoms with Crippen LogP contribution in [0.1, 0.15) is 27.2 Å². The van der Waals surface area contributed by atoms with Gasteiger partial charge >= 0.3 is 0 Å². The van der Waals surface area contributed by atoms with Gasteiger partial charge in [0.05, 0.1) is 18.8 Å². The molecule has 0 radical (unpaired) electrons. The highest BCUT2D eigenvalue weighted by molar-refractivity contribution is 4.88. The van der Waals surface area contributed by atoms with Gasteiger partial charge in [-0.25, -0.2) is 0 Å². The summed E-state index contributed by atoms with van der Waals surface area (Å²) in [6.45, 7) is 6.78. The zero-order chi connectivity index (χ0) is 11.0. The van der Waals surface area contributed by atoms with Gasteiger partial charge < -0.3 is 15.2 Å². The number of terminal acetylenes is 1. The van der Waals surface area contributed by atoms with Crippen LogP contribution >= 0.6 is 0 Å². The van der Waals surface area contributed by atoms with Gasteiger partial charge in [0.1, 0.15) is 0 Å². The standard InChI is InChI=1S/C11H21NO2/c1-5-6-10(4)12-7-11(13)8-14-9(2)3/h1,9-13H,6-8H2,2-4H3. The first-order valence-electron chi connectivity index (χ1n) is 5.02. The van der Waals surface area contributed by atoms with E-state index >= 15 is 0 Å². The van der Waals surface area contributed by atoms with Crippen molar-refractivity contribution < 1.29 is 9.84 Å². The fourth-order valence-corrected chi connectivity index (χ4v) is 0.949. The van der Waals surface area contributed by atoms with E-state index in [1.54, 1.807) is 0 Å². The third kappa shape index (κ3) is 8.06. The summed E-state index contributed by atoms with van der Waals surface area (Å²) in [4.78, 5) is 0. The van der Waals surface area contributed by atoms with Crippen LogP contribution in [-0.4, -0.2) is 36.5 Å². The lowest BCUT2D eigenvalue weighted by molar-refractivity contribution is 0.00568. The molecule has 0 heterocycles.